The van der Waals surface area contributed by atoms with Crippen LogP contribution in [0.1, 0.15) is 12.0 Å². The SMILES string of the molecule is I.NC(=NCc1cccc(Cl)c1)Nc1ccc2c(c1)OCCCO2. The first-order chi connectivity index (χ1) is 11.2. The topological polar surface area (TPSA) is 68.9 Å². The smallest absolute Gasteiger partial charge is 0.193 e. The Balaban J connectivity index is 0.00000208. The number of nitrogens with two attached hydrogens (primary N) is 1. The second-order valence-electron chi connectivity index (χ2n) is 5.17. The van der Waals surface area contributed by atoms with E-state index in [2.05, 4.69) is 10.3 Å². The maximum atomic E-state index is 5.95. The maximum Gasteiger partial charge on any atom is 0.193 e. The fourth-order valence-electron chi connectivity index (χ4n) is 2.24. The third-order valence-corrected chi connectivity index (χ3v) is 3.58. The predicted octanol–water partition coefficient (Wildman–Crippen LogP) is 4.05. The van der Waals surface area contributed by atoms with E-state index >= 15 is 0 Å². The minimum absolute atomic E-state index is 0. The Kier molecular flexibility index (Phi) is 6.99. The summed E-state index contributed by atoms with van der Waals surface area (Å²) in [4.78, 5) is 4.31. The van der Waals surface area contributed by atoms with Crippen LogP contribution in [0.5, 0.6) is 11.5 Å². The Bertz CT molecular complexity index is 725. The molecule has 0 radical (unpaired) electrons. The normalized spacial score (nSPS) is 13.6. The van der Waals surface area contributed by atoms with Crippen LogP contribution in [0.4, 0.5) is 5.69 Å². The average Bonchev–Trinajstić information content (AvgIpc) is 2.78. The highest BCUT2D eigenvalue weighted by Gasteiger charge is 2.10. The highest BCUT2D eigenvalue weighted by Crippen LogP contribution is 2.32. The van der Waals surface area contributed by atoms with E-state index in [0.29, 0.717) is 30.7 Å². The molecule has 0 unspecified atom stereocenters. The first kappa shape index (κ1) is 18.7. The number of rotatable bonds is 3. The van der Waals surface area contributed by atoms with Gasteiger partial charge in [0.1, 0.15) is 0 Å². The number of nitrogens with zero attached hydrogens (tertiary/aromatic N) is 1. The zero-order valence-corrected chi connectivity index (χ0v) is 16.1. The fourth-order valence-corrected chi connectivity index (χ4v) is 2.45. The minimum atomic E-state index is 0. The molecule has 0 saturated heterocycles. The molecule has 5 nitrogen and oxygen atoms in total. The molecule has 2 aromatic rings. The van der Waals surface area contributed by atoms with E-state index in [4.69, 9.17) is 26.8 Å². The Hall–Kier alpha value is -1.67. The van der Waals surface area contributed by atoms with Gasteiger partial charge in [-0.3, -0.25) is 0 Å². The molecule has 0 saturated carbocycles. The summed E-state index contributed by atoms with van der Waals surface area (Å²) >= 11 is 5.95. The lowest BCUT2D eigenvalue weighted by molar-refractivity contribution is 0.297. The van der Waals surface area contributed by atoms with Crippen molar-refractivity contribution in [3.05, 3.63) is 53.1 Å². The molecule has 0 amide bonds. The molecule has 0 fully saturated rings. The molecule has 0 aliphatic carbocycles. The molecule has 128 valence electrons. The van der Waals surface area contributed by atoms with E-state index in [-0.39, 0.29) is 24.0 Å². The van der Waals surface area contributed by atoms with Crippen LogP contribution < -0.4 is 20.5 Å². The monoisotopic (exact) mass is 459 g/mol. The van der Waals surface area contributed by atoms with Gasteiger partial charge in [0.15, 0.2) is 17.5 Å². The fraction of sp³-hybridized carbons (Fsp3) is 0.235. The molecule has 2 aromatic carbocycles. The van der Waals surface area contributed by atoms with Gasteiger partial charge in [-0.1, -0.05) is 23.7 Å². The number of ether oxygens (including phenoxy) is 2. The Labute approximate surface area is 163 Å². The number of hydrogen-bond donors (Lipinski definition) is 2. The van der Waals surface area contributed by atoms with Crippen LogP contribution in [-0.2, 0) is 6.54 Å². The van der Waals surface area contributed by atoms with Gasteiger partial charge < -0.3 is 20.5 Å². The van der Waals surface area contributed by atoms with Crippen molar-refractivity contribution in [2.24, 2.45) is 10.7 Å². The quantitative estimate of drug-likeness (QED) is 0.413. The van der Waals surface area contributed by atoms with Crippen LogP contribution in [0.25, 0.3) is 0 Å². The average molecular weight is 460 g/mol. The first-order valence-electron chi connectivity index (χ1n) is 7.42. The lowest BCUT2D eigenvalue weighted by Gasteiger charge is -2.10. The van der Waals surface area contributed by atoms with Crippen molar-refractivity contribution in [3.8, 4) is 11.5 Å². The van der Waals surface area contributed by atoms with Crippen LogP contribution in [0.3, 0.4) is 0 Å². The van der Waals surface area contributed by atoms with Crippen molar-refractivity contribution in [3.63, 3.8) is 0 Å². The molecule has 3 N–H and O–H groups in total. The summed E-state index contributed by atoms with van der Waals surface area (Å²) in [6.07, 6.45) is 0.876. The lowest BCUT2D eigenvalue weighted by atomic mass is 10.2. The van der Waals surface area contributed by atoms with Gasteiger partial charge >= 0.3 is 0 Å². The number of hydrogen-bond acceptors (Lipinski definition) is 3. The molecule has 7 heteroatoms. The van der Waals surface area contributed by atoms with E-state index in [1.165, 1.54) is 0 Å². The van der Waals surface area contributed by atoms with Crippen LogP contribution in [0.2, 0.25) is 5.02 Å². The number of anilines is 1. The van der Waals surface area contributed by atoms with Gasteiger partial charge in [-0.05, 0) is 29.8 Å². The molecule has 0 bridgehead atoms. The third kappa shape index (κ3) is 5.17. The Morgan fingerprint density at radius 2 is 1.92 bits per heavy atom. The maximum absolute atomic E-state index is 5.95. The van der Waals surface area contributed by atoms with Crippen LogP contribution in [0, 0.1) is 0 Å². The lowest BCUT2D eigenvalue weighted by Crippen LogP contribution is -2.22. The van der Waals surface area contributed by atoms with E-state index < -0.39 is 0 Å². The second-order valence-corrected chi connectivity index (χ2v) is 5.60. The van der Waals surface area contributed by atoms with Gasteiger partial charge in [0, 0.05) is 23.2 Å². The zero-order valence-electron chi connectivity index (χ0n) is 13.0. The number of aliphatic imine (C=N–C) groups is 1. The summed E-state index contributed by atoms with van der Waals surface area (Å²) in [5.41, 5.74) is 7.74. The van der Waals surface area contributed by atoms with Gasteiger partial charge in [-0.2, -0.15) is 0 Å². The largest absolute Gasteiger partial charge is 0.490 e. The number of benzene rings is 2. The standard InChI is InChI=1S/C17H18ClN3O2.HI/c18-13-4-1-3-12(9-13)11-20-17(19)21-14-5-6-15-16(10-14)23-8-2-7-22-15;/h1,3-6,9-10H,2,7-8,11H2,(H3,19,20,21);1H. The van der Waals surface area contributed by atoms with Gasteiger partial charge in [-0.15, -0.1) is 24.0 Å². The van der Waals surface area contributed by atoms with E-state index in [0.717, 1.165) is 29.2 Å². The van der Waals surface area contributed by atoms with Gasteiger partial charge in [0.25, 0.3) is 0 Å². The van der Waals surface area contributed by atoms with Crippen molar-refractivity contribution in [1.29, 1.82) is 0 Å². The summed E-state index contributed by atoms with van der Waals surface area (Å²) < 4.78 is 11.3. The van der Waals surface area contributed by atoms with Crippen molar-refractivity contribution in [1.82, 2.24) is 0 Å². The number of fused-ring (bicyclic) bond motifs is 1. The molecule has 0 spiro atoms. The number of guanidine groups is 1. The van der Waals surface area contributed by atoms with E-state index in [1.54, 1.807) is 0 Å². The van der Waals surface area contributed by atoms with Crippen molar-refractivity contribution in [2.45, 2.75) is 13.0 Å². The molecule has 1 aliphatic heterocycles. The van der Waals surface area contributed by atoms with Gasteiger partial charge in [0.2, 0.25) is 0 Å². The summed E-state index contributed by atoms with van der Waals surface area (Å²) in [7, 11) is 0. The molecule has 1 aliphatic rings. The van der Waals surface area contributed by atoms with Gasteiger partial charge in [-0.25, -0.2) is 4.99 Å². The number of nitrogens with one attached hydrogen (secondary N) is 1. The Morgan fingerprint density at radius 3 is 2.71 bits per heavy atom. The minimum Gasteiger partial charge on any atom is -0.490 e. The summed E-state index contributed by atoms with van der Waals surface area (Å²) in [6.45, 7) is 1.78. The van der Waals surface area contributed by atoms with Crippen molar-refractivity contribution < 1.29 is 9.47 Å². The molecular formula is C17H19ClIN3O2. The Morgan fingerprint density at radius 1 is 1.12 bits per heavy atom. The highest BCUT2D eigenvalue weighted by molar-refractivity contribution is 14.0. The molecular weight excluding hydrogens is 441 g/mol. The molecule has 24 heavy (non-hydrogen) atoms. The molecule has 3 rings (SSSR count). The van der Waals surface area contributed by atoms with E-state index in [1.807, 2.05) is 42.5 Å². The molecule has 0 aromatic heterocycles. The van der Waals surface area contributed by atoms with Crippen molar-refractivity contribution >= 4 is 47.2 Å². The zero-order chi connectivity index (χ0) is 16.1. The summed E-state index contributed by atoms with van der Waals surface area (Å²) in [5.74, 6) is 1.80. The highest BCUT2D eigenvalue weighted by atomic mass is 127. The summed E-state index contributed by atoms with van der Waals surface area (Å²) in [5, 5.41) is 3.74. The number of halogens is 2. The van der Waals surface area contributed by atoms with Crippen molar-refractivity contribution in [2.75, 3.05) is 18.5 Å². The van der Waals surface area contributed by atoms with Gasteiger partial charge in [0.05, 0.1) is 19.8 Å². The second kappa shape index (κ2) is 8.98. The molecule has 0 atom stereocenters. The van der Waals surface area contributed by atoms with E-state index in [9.17, 15) is 0 Å². The van der Waals surface area contributed by atoms with Crippen LogP contribution in [-0.4, -0.2) is 19.2 Å². The van der Waals surface area contributed by atoms with Crippen LogP contribution in [0.15, 0.2) is 47.5 Å². The third-order valence-electron chi connectivity index (χ3n) is 3.34. The molecule has 1 heterocycles. The van der Waals surface area contributed by atoms with Crippen LogP contribution >= 0.6 is 35.6 Å². The first-order valence-corrected chi connectivity index (χ1v) is 7.79. The predicted molar refractivity (Wildman–Crippen MR) is 108 cm³/mol. The summed E-state index contributed by atoms with van der Waals surface area (Å²) in [6, 6.07) is 13.2.